The number of para-hydroxylation sites is 1. The molecule has 2 aromatic carbocycles. The minimum Gasteiger partial charge on any atom is -0.480 e. The van der Waals surface area contributed by atoms with Gasteiger partial charge in [0.05, 0.1) is 5.56 Å². The van der Waals surface area contributed by atoms with Gasteiger partial charge in [-0.1, -0.05) is 36.4 Å². The molecule has 0 aliphatic carbocycles. The summed E-state index contributed by atoms with van der Waals surface area (Å²) >= 11 is 0. The molecular weight excluding hydrogens is 298 g/mol. The Kier molecular flexibility index (Phi) is 4.14. The molecular formula is C17H15NO5. The lowest BCUT2D eigenvalue weighted by Gasteiger charge is -2.15. The van der Waals surface area contributed by atoms with E-state index in [-0.39, 0.29) is 18.8 Å². The van der Waals surface area contributed by atoms with Crippen LogP contribution in [-0.4, -0.2) is 29.8 Å². The third kappa shape index (κ3) is 3.26. The van der Waals surface area contributed by atoms with Crippen molar-refractivity contribution < 1.29 is 24.2 Å². The fourth-order valence-corrected chi connectivity index (χ4v) is 2.39. The average molecular weight is 313 g/mol. The number of amides is 1. The molecule has 6 nitrogen and oxygen atoms in total. The third-order valence-electron chi connectivity index (χ3n) is 3.53. The minimum atomic E-state index is -1.09. The van der Waals surface area contributed by atoms with Crippen LogP contribution in [0.15, 0.2) is 48.5 Å². The topological polar surface area (TPSA) is 84.9 Å². The summed E-state index contributed by atoms with van der Waals surface area (Å²) in [6.45, 7) is 0.0476. The summed E-state index contributed by atoms with van der Waals surface area (Å²) in [6, 6.07) is 13.0. The largest absolute Gasteiger partial charge is 0.480 e. The Bertz CT molecular complexity index is 729. The second kappa shape index (κ2) is 6.39. The second-order valence-electron chi connectivity index (χ2n) is 5.09. The number of hydrogen-bond acceptors (Lipinski definition) is 4. The second-order valence-corrected chi connectivity index (χ2v) is 5.09. The smallest absolute Gasteiger partial charge is 0.326 e. The predicted octanol–water partition coefficient (Wildman–Crippen LogP) is 1.84. The molecule has 0 radical (unpaired) electrons. The van der Waals surface area contributed by atoms with E-state index >= 15 is 0 Å². The molecule has 1 aliphatic rings. The molecule has 0 aromatic heterocycles. The van der Waals surface area contributed by atoms with Crippen LogP contribution in [0.2, 0.25) is 0 Å². The van der Waals surface area contributed by atoms with E-state index in [0.29, 0.717) is 11.5 Å². The molecule has 0 saturated heterocycles. The van der Waals surface area contributed by atoms with E-state index < -0.39 is 17.9 Å². The minimum absolute atomic E-state index is 0.0476. The van der Waals surface area contributed by atoms with Crippen molar-refractivity contribution in [2.75, 3.05) is 6.79 Å². The van der Waals surface area contributed by atoms with Gasteiger partial charge in [-0.05, 0) is 17.7 Å². The number of hydrogen-bond donors (Lipinski definition) is 2. The van der Waals surface area contributed by atoms with Gasteiger partial charge in [-0.25, -0.2) is 4.79 Å². The normalized spacial score (nSPS) is 13.4. The van der Waals surface area contributed by atoms with Crippen LogP contribution < -0.4 is 14.8 Å². The molecule has 2 N–H and O–H groups in total. The summed E-state index contributed by atoms with van der Waals surface area (Å²) in [5.41, 5.74) is 1.09. The van der Waals surface area contributed by atoms with E-state index in [1.807, 2.05) is 30.3 Å². The van der Waals surface area contributed by atoms with Crippen molar-refractivity contribution in [3.05, 3.63) is 59.7 Å². The molecule has 1 aliphatic heterocycles. The van der Waals surface area contributed by atoms with E-state index in [1.54, 1.807) is 18.2 Å². The van der Waals surface area contributed by atoms with Gasteiger partial charge in [0.15, 0.2) is 11.5 Å². The predicted molar refractivity (Wildman–Crippen MR) is 81.6 cm³/mol. The molecule has 2 aromatic rings. The van der Waals surface area contributed by atoms with Crippen LogP contribution in [0.5, 0.6) is 11.5 Å². The Labute approximate surface area is 132 Å². The number of benzene rings is 2. The van der Waals surface area contributed by atoms with E-state index in [4.69, 9.17) is 9.47 Å². The van der Waals surface area contributed by atoms with Gasteiger partial charge in [-0.2, -0.15) is 0 Å². The van der Waals surface area contributed by atoms with E-state index in [1.165, 1.54) is 0 Å². The SMILES string of the molecule is O=C(N[C@@H](Cc1ccccc1)C(=O)O)c1cccc2c1OCO2. The van der Waals surface area contributed by atoms with Crippen molar-refractivity contribution in [2.45, 2.75) is 12.5 Å². The summed E-state index contributed by atoms with van der Waals surface area (Å²) in [6.07, 6.45) is 0.203. The first kappa shape index (κ1) is 14.9. The van der Waals surface area contributed by atoms with E-state index in [0.717, 1.165) is 5.56 Å². The standard InChI is InChI=1S/C17H15NO5/c19-16(12-7-4-8-14-15(12)23-10-22-14)18-13(17(20)21)9-11-5-2-1-3-6-11/h1-8,13H,9-10H2,(H,18,19)(H,20,21)/t13-/m0/s1. The highest BCUT2D eigenvalue weighted by molar-refractivity contribution is 5.99. The molecule has 0 unspecified atom stereocenters. The van der Waals surface area contributed by atoms with Gasteiger partial charge in [0.1, 0.15) is 6.04 Å². The molecule has 1 heterocycles. The van der Waals surface area contributed by atoms with Crippen molar-refractivity contribution in [3.8, 4) is 11.5 Å². The first-order chi connectivity index (χ1) is 11.1. The van der Waals surface area contributed by atoms with Crippen LogP contribution in [0.3, 0.4) is 0 Å². The Morgan fingerprint density at radius 1 is 1.09 bits per heavy atom. The lowest BCUT2D eigenvalue weighted by Crippen LogP contribution is -2.42. The number of fused-ring (bicyclic) bond motifs is 1. The van der Waals surface area contributed by atoms with Crippen molar-refractivity contribution in [1.82, 2.24) is 5.32 Å². The molecule has 23 heavy (non-hydrogen) atoms. The molecule has 0 spiro atoms. The molecule has 3 rings (SSSR count). The summed E-state index contributed by atoms with van der Waals surface area (Å²) in [5.74, 6) is -0.774. The van der Waals surface area contributed by atoms with E-state index in [9.17, 15) is 14.7 Å². The van der Waals surface area contributed by atoms with Crippen molar-refractivity contribution in [2.24, 2.45) is 0 Å². The van der Waals surface area contributed by atoms with Gasteiger partial charge >= 0.3 is 5.97 Å². The first-order valence-corrected chi connectivity index (χ1v) is 7.11. The zero-order valence-electron chi connectivity index (χ0n) is 12.2. The third-order valence-corrected chi connectivity index (χ3v) is 3.53. The molecule has 0 saturated carbocycles. The van der Waals surface area contributed by atoms with Crippen molar-refractivity contribution in [1.29, 1.82) is 0 Å². The number of carboxylic acids is 1. The number of carboxylic acid groups (broad SMARTS) is 1. The molecule has 6 heteroatoms. The highest BCUT2D eigenvalue weighted by Gasteiger charge is 2.26. The van der Waals surface area contributed by atoms with Crippen LogP contribution >= 0.6 is 0 Å². The summed E-state index contributed by atoms with van der Waals surface area (Å²) in [7, 11) is 0. The molecule has 1 amide bonds. The van der Waals surface area contributed by atoms with Crippen molar-refractivity contribution >= 4 is 11.9 Å². The number of nitrogens with one attached hydrogen (secondary N) is 1. The van der Waals surface area contributed by atoms with E-state index in [2.05, 4.69) is 5.32 Å². The average Bonchev–Trinajstić information content (AvgIpc) is 3.03. The quantitative estimate of drug-likeness (QED) is 0.880. The Morgan fingerprint density at radius 3 is 2.61 bits per heavy atom. The number of carbonyl (C=O) groups excluding carboxylic acids is 1. The maximum atomic E-state index is 12.4. The van der Waals surface area contributed by atoms with Gasteiger partial charge < -0.3 is 19.9 Å². The summed E-state index contributed by atoms with van der Waals surface area (Å²) < 4.78 is 10.5. The lowest BCUT2D eigenvalue weighted by molar-refractivity contribution is -0.139. The van der Waals surface area contributed by atoms with Crippen molar-refractivity contribution in [3.63, 3.8) is 0 Å². The number of ether oxygens (including phenoxy) is 2. The van der Waals surface area contributed by atoms with Crippen LogP contribution in [-0.2, 0) is 11.2 Å². The highest BCUT2D eigenvalue weighted by Crippen LogP contribution is 2.35. The molecule has 1 atom stereocenters. The maximum absolute atomic E-state index is 12.4. The Balaban J connectivity index is 1.77. The summed E-state index contributed by atoms with van der Waals surface area (Å²) in [4.78, 5) is 23.8. The van der Waals surface area contributed by atoms with Gasteiger partial charge in [0.2, 0.25) is 6.79 Å². The van der Waals surface area contributed by atoms with Gasteiger partial charge in [-0.3, -0.25) is 4.79 Å². The molecule has 118 valence electrons. The fraction of sp³-hybridized carbons (Fsp3) is 0.176. The zero-order chi connectivity index (χ0) is 16.2. The molecule has 0 fully saturated rings. The zero-order valence-corrected chi connectivity index (χ0v) is 12.2. The summed E-state index contributed by atoms with van der Waals surface area (Å²) in [5, 5.41) is 11.9. The lowest BCUT2D eigenvalue weighted by atomic mass is 10.1. The Morgan fingerprint density at radius 2 is 1.87 bits per heavy atom. The van der Waals surface area contributed by atoms with Crippen LogP contribution in [0.4, 0.5) is 0 Å². The number of aliphatic carboxylic acids is 1. The molecule has 0 bridgehead atoms. The maximum Gasteiger partial charge on any atom is 0.326 e. The van der Waals surface area contributed by atoms with Gasteiger partial charge in [-0.15, -0.1) is 0 Å². The highest BCUT2D eigenvalue weighted by atomic mass is 16.7. The van der Waals surface area contributed by atoms with Crippen LogP contribution in [0.25, 0.3) is 0 Å². The van der Waals surface area contributed by atoms with Gasteiger partial charge in [0.25, 0.3) is 5.91 Å². The number of rotatable bonds is 5. The van der Waals surface area contributed by atoms with Gasteiger partial charge in [0, 0.05) is 6.42 Å². The number of carbonyl (C=O) groups is 2. The Hall–Kier alpha value is -3.02. The van der Waals surface area contributed by atoms with Crippen LogP contribution in [0, 0.1) is 0 Å². The fourth-order valence-electron chi connectivity index (χ4n) is 2.39. The van der Waals surface area contributed by atoms with Crippen LogP contribution in [0.1, 0.15) is 15.9 Å². The monoisotopic (exact) mass is 313 g/mol. The first-order valence-electron chi connectivity index (χ1n) is 7.11.